The van der Waals surface area contributed by atoms with Crippen molar-refractivity contribution >= 4 is 23.0 Å². The van der Waals surface area contributed by atoms with Crippen molar-refractivity contribution in [2.24, 2.45) is 12.0 Å². The third kappa shape index (κ3) is 3.28. The number of anilines is 1. The molecule has 4 heterocycles. The lowest BCUT2D eigenvalue weighted by molar-refractivity contribution is 0.0642. The van der Waals surface area contributed by atoms with Gasteiger partial charge in [-0.05, 0) is 63.4 Å². The molecule has 6 nitrogen and oxygen atoms in total. The Morgan fingerprint density at radius 1 is 1.11 bits per heavy atom. The molecule has 0 radical (unpaired) electrons. The van der Waals surface area contributed by atoms with Crippen molar-refractivity contribution in [3.63, 3.8) is 0 Å². The predicted molar refractivity (Wildman–Crippen MR) is 126 cm³/mol. The third-order valence-electron chi connectivity index (χ3n) is 7.47. The van der Waals surface area contributed by atoms with Crippen molar-refractivity contribution in [2.45, 2.75) is 51.2 Å². The second-order valence-electron chi connectivity index (χ2n) is 9.60. The van der Waals surface area contributed by atoms with Crippen LogP contribution in [0.15, 0.2) is 35.3 Å². The van der Waals surface area contributed by atoms with Gasteiger partial charge in [-0.25, -0.2) is 13.2 Å². The van der Waals surface area contributed by atoms with Crippen LogP contribution in [0, 0.1) is 17.5 Å². The highest BCUT2D eigenvalue weighted by Crippen LogP contribution is 2.47. The third-order valence-corrected chi connectivity index (χ3v) is 7.47. The fourth-order valence-corrected chi connectivity index (χ4v) is 5.66. The van der Waals surface area contributed by atoms with Gasteiger partial charge in [0.25, 0.3) is 5.91 Å². The molecule has 6 rings (SSSR count). The summed E-state index contributed by atoms with van der Waals surface area (Å²) in [7, 11) is 1.70. The molecule has 0 spiro atoms. The lowest BCUT2D eigenvalue weighted by atomic mass is 9.94. The number of fused-ring (bicyclic) bond motifs is 5. The van der Waals surface area contributed by atoms with Gasteiger partial charge in [-0.15, -0.1) is 0 Å². The Morgan fingerprint density at radius 2 is 1.86 bits per heavy atom. The van der Waals surface area contributed by atoms with Crippen LogP contribution in [-0.4, -0.2) is 38.4 Å². The van der Waals surface area contributed by atoms with E-state index in [1.807, 2.05) is 36.9 Å². The normalized spacial score (nSPS) is 22.4. The van der Waals surface area contributed by atoms with Crippen molar-refractivity contribution in [3.05, 3.63) is 64.6 Å². The molecule has 3 unspecified atom stereocenters. The minimum atomic E-state index is -1.49. The molecule has 1 saturated heterocycles. The van der Waals surface area contributed by atoms with Gasteiger partial charge in [0.15, 0.2) is 17.5 Å². The summed E-state index contributed by atoms with van der Waals surface area (Å²) in [5, 5.41) is 8.04. The van der Waals surface area contributed by atoms with Crippen LogP contribution in [0.3, 0.4) is 0 Å². The number of aliphatic imine (C=N–C) groups is 1. The SMILES string of the molecule is CC1=Nc2cc(C(=O)N3C4CCC3c3nn(C)c(-c5cc(F)c(F)c(F)c5)c3C4)ccc2NC1C. The van der Waals surface area contributed by atoms with E-state index in [4.69, 9.17) is 0 Å². The summed E-state index contributed by atoms with van der Waals surface area (Å²) in [6, 6.07) is 7.38. The molecule has 3 aromatic rings. The maximum atomic E-state index is 14.0. The standard InChI is InChI=1S/C26H24F3N5O/c1-12-13(2)31-21-10-14(4-6-20(21)30-12)26(35)34-16-5-7-22(34)24-17(11-16)25(33(3)32-24)15-8-18(27)23(29)19(28)9-15/h4,6,8-10,12,16,22,30H,5,7,11H2,1-3H3. The van der Waals surface area contributed by atoms with E-state index in [2.05, 4.69) is 15.4 Å². The number of hydrogen-bond donors (Lipinski definition) is 1. The molecule has 1 fully saturated rings. The quantitative estimate of drug-likeness (QED) is 0.507. The number of nitrogens with zero attached hydrogens (tertiary/aromatic N) is 4. The Labute approximate surface area is 200 Å². The van der Waals surface area contributed by atoms with Gasteiger partial charge in [0.05, 0.1) is 34.8 Å². The average Bonchev–Trinajstić information content (AvgIpc) is 3.33. The zero-order valence-corrected chi connectivity index (χ0v) is 19.6. The summed E-state index contributed by atoms with van der Waals surface area (Å²) in [6.07, 6.45) is 2.08. The summed E-state index contributed by atoms with van der Waals surface area (Å²) >= 11 is 0. The number of benzene rings is 2. The summed E-state index contributed by atoms with van der Waals surface area (Å²) in [5.41, 5.74) is 5.56. The minimum absolute atomic E-state index is 0.0579. The van der Waals surface area contributed by atoms with E-state index in [1.54, 1.807) is 11.7 Å². The molecule has 3 atom stereocenters. The van der Waals surface area contributed by atoms with Crippen molar-refractivity contribution in [1.29, 1.82) is 0 Å². The second kappa shape index (κ2) is 7.69. The highest BCUT2D eigenvalue weighted by Gasteiger charge is 2.46. The molecule has 180 valence electrons. The topological polar surface area (TPSA) is 62.5 Å². The van der Waals surface area contributed by atoms with Gasteiger partial charge < -0.3 is 10.2 Å². The van der Waals surface area contributed by atoms with Gasteiger partial charge in [-0.1, -0.05) is 0 Å². The van der Waals surface area contributed by atoms with E-state index in [1.165, 1.54) is 0 Å². The van der Waals surface area contributed by atoms with Crippen molar-refractivity contribution in [2.75, 3.05) is 5.32 Å². The maximum Gasteiger partial charge on any atom is 0.254 e. The van der Waals surface area contributed by atoms with E-state index < -0.39 is 17.5 Å². The number of halogens is 3. The molecule has 1 aromatic heterocycles. The summed E-state index contributed by atoms with van der Waals surface area (Å²) in [6.45, 7) is 4.00. The Morgan fingerprint density at radius 3 is 2.60 bits per heavy atom. The van der Waals surface area contributed by atoms with Crippen molar-refractivity contribution in [1.82, 2.24) is 14.7 Å². The number of carbonyl (C=O) groups excluding carboxylic acids is 1. The molecule has 3 aliphatic rings. The molecule has 1 amide bonds. The first kappa shape index (κ1) is 21.9. The van der Waals surface area contributed by atoms with Crippen molar-refractivity contribution < 1.29 is 18.0 Å². The number of rotatable bonds is 2. The maximum absolute atomic E-state index is 14.0. The van der Waals surface area contributed by atoms with Crippen LogP contribution in [-0.2, 0) is 13.5 Å². The Kier molecular flexibility index (Phi) is 4.81. The number of carbonyl (C=O) groups is 1. The second-order valence-corrected chi connectivity index (χ2v) is 9.60. The van der Waals surface area contributed by atoms with Gasteiger partial charge >= 0.3 is 0 Å². The lowest BCUT2D eigenvalue weighted by Gasteiger charge is -2.34. The summed E-state index contributed by atoms with van der Waals surface area (Å²) in [5.74, 6) is -4.04. The lowest BCUT2D eigenvalue weighted by Crippen LogP contribution is -2.42. The minimum Gasteiger partial charge on any atom is -0.376 e. The Bertz CT molecular complexity index is 1410. The fourth-order valence-electron chi connectivity index (χ4n) is 5.66. The van der Waals surface area contributed by atoms with Crippen LogP contribution in [0.2, 0.25) is 0 Å². The van der Waals surface area contributed by atoms with Gasteiger partial charge in [-0.3, -0.25) is 14.5 Å². The number of aromatic nitrogens is 2. The molecule has 2 bridgehead atoms. The molecule has 35 heavy (non-hydrogen) atoms. The van der Waals surface area contributed by atoms with E-state index in [0.717, 1.165) is 53.3 Å². The monoisotopic (exact) mass is 479 g/mol. The molecule has 1 N–H and O–H groups in total. The molecule has 2 aromatic carbocycles. The molecule has 3 aliphatic heterocycles. The van der Waals surface area contributed by atoms with Crippen LogP contribution in [0.4, 0.5) is 24.5 Å². The number of nitrogens with one attached hydrogen (secondary N) is 1. The first-order chi connectivity index (χ1) is 16.7. The van der Waals surface area contributed by atoms with Crippen LogP contribution in [0.5, 0.6) is 0 Å². The molecule has 9 heteroatoms. The van der Waals surface area contributed by atoms with E-state index in [-0.39, 0.29) is 29.6 Å². The largest absolute Gasteiger partial charge is 0.376 e. The van der Waals surface area contributed by atoms with Gasteiger partial charge in [0, 0.05) is 35.5 Å². The highest BCUT2D eigenvalue weighted by atomic mass is 19.2. The Hall–Kier alpha value is -3.62. The molecular formula is C26H24F3N5O. The predicted octanol–water partition coefficient (Wildman–Crippen LogP) is 5.31. The molecule has 0 aliphatic carbocycles. The zero-order chi connectivity index (χ0) is 24.6. The zero-order valence-electron chi connectivity index (χ0n) is 19.6. The summed E-state index contributed by atoms with van der Waals surface area (Å²) in [4.78, 5) is 20.2. The number of hydrogen-bond acceptors (Lipinski definition) is 4. The first-order valence-electron chi connectivity index (χ1n) is 11.7. The van der Waals surface area contributed by atoms with Gasteiger partial charge in [0.2, 0.25) is 0 Å². The van der Waals surface area contributed by atoms with E-state index in [9.17, 15) is 18.0 Å². The number of aryl methyl sites for hydroxylation is 1. The Balaban J connectivity index is 1.37. The van der Waals surface area contributed by atoms with Crippen LogP contribution < -0.4 is 5.32 Å². The number of amides is 1. The fraction of sp³-hybridized carbons (Fsp3) is 0.346. The molecule has 0 saturated carbocycles. The average molecular weight is 480 g/mol. The highest BCUT2D eigenvalue weighted by molar-refractivity contribution is 6.00. The summed E-state index contributed by atoms with van der Waals surface area (Å²) < 4.78 is 43.1. The van der Waals surface area contributed by atoms with E-state index in [0.29, 0.717) is 17.7 Å². The van der Waals surface area contributed by atoms with Gasteiger partial charge in [-0.2, -0.15) is 5.10 Å². The molecular weight excluding hydrogens is 455 g/mol. The van der Waals surface area contributed by atoms with Gasteiger partial charge in [0.1, 0.15) is 0 Å². The van der Waals surface area contributed by atoms with E-state index >= 15 is 0 Å². The van der Waals surface area contributed by atoms with Crippen LogP contribution in [0.1, 0.15) is 54.3 Å². The van der Waals surface area contributed by atoms with Crippen LogP contribution in [0.25, 0.3) is 11.3 Å². The van der Waals surface area contributed by atoms with Crippen molar-refractivity contribution in [3.8, 4) is 11.3 Å². The van der Waals surface area contributed by atoms with Crippen LogP contribution >= 0.6 is 0 Å². The smallest absolute Gasteiger partial charge is 0.254 e. The first-order valence-corrected chi connectivity index (χ1v) is 11.7.